The number of carbonyl (C=O) groups excluding carboxylic acids is 1. The van der Waals surface area contributed by atoms with Crippen molar-refractivity contribution in [3.63, 3.8) is 0 Å². The van der Waals surface area contributed by atoms with Gasteiger partial charge in [-0.1, -0.05) is 31.3 Å². The molecule has 3 heteroatoms. The molecule has 17 heavy (non-hydrogen) atoms. The molecule has 0 radical (unpaired) electrons. The molecule has 0 aromatic rings. The Morgan fingerprint density at radius 1 is 1.35 bits per heavy atom. The van der Waals surface area contributed by atoms with Crippen molar-refractivity contribution in [1.82, 2.24) is 5.32 Å². The predicted molar refractivity (Wildman–Crippen MR) is 75.4 cm³/mol. The molecule has 1 fully saturated rings. The lowest BCUT2D eigenvalue weighted by atomic mass is 9.82. The maximum absolute atomic E-state index is 12.0. The van der Waals surface area contributed by atoms with Crippen molar-refractivity contribution < 1.29 is 4.79 Å². The number of nitrogens with one attached hydrogen (secondary N) is 1. The van der Waals surface area contributed by atoms with Crippen LogP contribution >= 0.6 is 11.8 Å². The second kappa shape index (κ2) is 6.90. The number of rotatable bonds is 4. The Morgan fingerprint density at radius 2 is 1.94 bits per heavy atom. The molecule has 0 spiro atoms. The van der Waals surface area contributed by atoms with Crippen molar-refractivity contribution in [3.8, 4) is 0 Å². The molecule has 1 saturated carbocycles. The third-order valence-corrected chi connectivity index (χ3v) is 4.25. The van der Waals surface area contributed by atoms with Crippen molar-refractivity contribution in [1.29, 1.82) is 0 Å². The number of thioether (sulfide) groups is 1. The standard InChI is InChI=1S/C14H23NOS/c1-5-11(3)17-12(4)15-14(16)13-8-6-10(2)7-9-13/h5,10,13H,4,6-9H2,1-3H3,(H,15,16)/b11-5-. The van der Waals surface area contributed by atoms with Gasteiger partial charge in [0, 0.05) is 5.92 Å². The molecule has 0 unspecified atom stereocenters. The Morgan fingerprint density at radius 3 is 2.47 bits per heavy atom. The molecule has 1 aliphatic carbocycles. The lowest BCUT2D eigenvalue weighted by Gasteiger charge is -2.25. The Balaban J connectivity index is 2.36. The molecule has 1 amide bonds. The third kappa shape index (κ3) is 4.99. The number of hydrogen-bond acceptors (Lipinski definition) is 2. The molecule has 0 aliphatic heterocycles. The summed E-state index contributed by atoms with van der Waals surface area (Å²) in [4.78, 5) is 13.1. The summed E-state index contributed by atoms with van der Waals surface area (Å²) in [5.41, 5.74) is 0. The molecule has 0 aromatic carbocycles. The van der Waals surface area contributed by atoms with Crippen LogP contribution in [-0.4, -0.2) is 5.91 Å². The van der Waals surface area contributed by atoms with Crippen molar-refractivity contribution in [3.05, 3.63) is 22.6 Å². The van der Waals surface area contributed by atoms with E-state index in [4.69, 9.17) is 0 Å². The molecule has 0 aromatic heterocycles. The van der Waals surface area contributed by atoms with Crippen LogP contribution < -0.4 is 5.32 Å². The largest absolute Gasteiger partial charge is 0.321 e. The SMILES string of the molecule is C=C(NC(=O)C1CCC(C)CC1)S/C(C)=C\C. The van der Waals surface area contributed by atoms with E-state index < -0.39 is 0 Å². The normalized spacial score (nSPS) is 25.5. The van der Waals surface area contributed by atoms with Crippen LogP contribution in [0.3, 0.4) is 0 Å². The van der Waals surface area contributed by atoms with E-state index in [2.05, 4.69) is 18.8 Å². The third-order valence-electron chi connectivity index (χ3n) is 3.34. The Bertz CT molecular complexity index is 314. The average Bonchev–Trinajstić information content (AvgIpc) is 2.29. The second-order valence-corrected chi connectivity index (χ2v) is 6.21. The molecule has 1 rings (SSSR count). The van der Waals surface area contributed by atoms with Crippen LogP contribution in [0.2, 0.25) is 0 Å². The van der Waals surface area contributed by atoms with E-state index in [-0.39, 0.29) is 11.8 Å². The van der Waals surface area contributed by atoms with Crippen molar-refractivity contribution >= 4 is 17.7 Å². The topological polar surface area (TPSA) is 29.1 Å². The first-order chi connectivity index (χ1) is 8.02. The zero-order valence-corrected chi connectivity index (χ0v) is 11.9. The van der Waals surface area contributed by atoms with Gasteiger partial charge < -0.3 is 5.32 Å². The van der Waals surface area contributed by atoms with E-state index in [0.29, 0.717) is 0 Å². The van der Waals surface area contributed by atoms with Gasteiger partial charge in [0.25, 0.3) is 0 Å². The quantitative estimate of drug-likeness (QED) is 0.818. The van der Waals surface area contributed by atoms with Crippen LogP contribution in [0.15, 0.2) is 22.6 Å². The highest BCUT2D eigenvalue weighted by Crippen LogP contribution is 2.29. The van der Waals surface area contributed by atoms with Gasteiger partial charge in [0.1, 0.15) is 0 Å². The number of amides is 1. The maximum atomic E-state index is 12.0. The van der Waals surface area contributed by atoms with Crippen molar-refractivity contribution in [2.75, 3.05) is 0 Å². The minimum atomic E-state index is 0.151. The molecular weight excluding hydrogens is 230 g/mol. The van der Waals surface area contributed by atoms with Gasteiger partial charge in [0.15, 0.2) is 0 Å². The van der Waals surface area contributed by atoms with Gasteiger partial charge in [0.2, 0.25) is 5.91 Å². The first-order valence-electron chi connectivity index (χ1n) is 6.33. The summed E-state index contributed by atoms with van der Waals surface area (Å²) >= 11 is 1.53. The molecule has 1 N–H and O–H groups in total. The van der Waals surface area contributed by atoms with E-state index in [1.807, 2.05) is 19.9 Å². The fourth-order valence-electron chi connectivity index (χ4n) is 2.04. The van der Waals surface area contributed by atoms with Crippen LogP contribution in [0.5, 0.6) is 0 Å². The van der Waals surface area contributed by atoms with Gasteiger partial charge in [0.05, 0.1) is 5.03 Å². The van der Waals surface area contributed by atoms with E-state index in [0.717, 1.165) is 28.7 Å². The van der Waals surface area contributed by atoms with Gasteiger partial charge >= 0.3 is 0 Å². The molecular formula is C14H23NOS. The van der Waals surface area contributed by atoms with Gasteiger partial charge in [-0.15, -0.1) is 0 Å². The van der Waals surface area contributed by atoms with Gasteiger partial charge in [-0.05, 0) is 50.4 Å². The average molecular weight is 253 g/mol. The summed E-state index contributed by atoms with van der Waals surface area (Å²) < 4.78 is 0. The fraction of sp³-hybridized carbons (Fsp3) is 0.643. The van der Waals surface area contributed by atoms with Crippen molar-refractivity contribution in [2.24, 2.45) is 11.8 Å². The first kappa shape index (κ1) is 14.4. The summed E-state index contributed by atoms with van der Waals surface area (Å²) in [6, 6.07) is 0. The smallest absolute Gasteiger partial charge is 0.227 e. The summed E-state index contributed by atoms with van der Waals surface area (Å²) in [7, 11) is 0. The lowest BCUT2D eigenvalue weighted by Crippen LogP contribution is -2.31. The highest BCUT2D eigenvalue weighted by atomic mass is 32.2. The number of allylic oxidation sites excluding steroid dienone is 2. The highest BCUT2D eigenvalue weighted by molar-refractivity contribution is 8.06. The van der Waals surface area contributed by atoms with E-state index in [9.17, 15) is 4.79 Å². The van der Waals surface area contributed by atoms with E-state index in [1.54, 1.807) is 0 Å². The van der Waals surface area contributed by atoms with Crippen LogP contribution in [-0.2, 0) is 4.79 Å². The number of carbonyl (C=O) groups is 1. The molecule has 0 bridgehead atoms. The van der Waals surface area contributed by atoms with Gasteiger partial charge in [-0.3, -0.25) is 4.79 Å². The van der Waals surface area contributed by atoms with E-state index >= 15 is 0 Å². The monoisotopic (exact) mass is 253 g/mol. The molecule has 1 aliphatic rings. The van der Waals surface area contributed by atoms with Crippen molar-refractivity contribution in [2.45, 2.75) is 46.5 Å². The summed E-state index contributed by atoms with van der Waals surface area (Å²) in [6.07, 6.45) is 6.41. The molecule has 0 heterocycles. The second-order valence-electron chi connectivity index (χ2n) is 4.87. The zero-order chi connectivity index (χ0) is 12.8. The van der Waals surface area contributed by atoms with Crippen LogP contribution in [0.25, 0.3) is 0 Å². The Labute approximate surface area is 109 Å². The molecule has 2 nitrogen and oxygen atoms in total. The first-order valence-corrected chi connectivity index (χ1v) is 7.15. The molecule has 96 valence electrons. The summed E-state index contributed by atoms with van der Waals surface area (Å²) in [6.45, 7) is 10.1. The molecule has 0 saturated heterocycles. The summed E-state index contributed by atoms with van der Waals surface area (Å²) in [5.74, 6) is 1.12. The maximum Gasteiger partial charge on any atom is 0.227 e. The fourth-order valence-corrected chi connectivity index (χ4v) is 2.70. The van der Waals surface area contributed by atoms with Gasteiger partial charge in [-0.25, -0.2) is 0 Å². The van der Waals surface area contributed by atoms with Crippen LogP contribution in [0.1, 0.15) is 46.5 Å². The minimum absolute atomic E-state index is 0.151. The van der Waals surface area contributed by atoms with E-state index in [1.165, 1.54) is 24.6 Å². The van der Waals surface area contributed by atoms with Gasteiger partial charge in [-0.2, -0.15) is 0 Å². The zero-order valence-electron chi connectivity index (χ0n) is 11.1. The predicted octanol–water partition coefficient (Wildman–Crippen LogP) is 4.06. The summed E-state index contributed by atoms with van der Waals surface area (Å²) in [5, 5.41) is 3.66. The molecule has 0 atom stereocenters. The highest BCUT2D eigenvalue weighted by Gasteiger charge is 2.24. The Hall–Kier alpha value is -0.700. The van der Waals surface area contributed by atoms with Crippen LogP contribution in [0.4, 0.5) is 0 Å². The van der Waals surface area contributed by atoms with Crippen LogP contribution in [0, 0.1) is 11.8 Å². The Kier molecular flexibility index (Phi) is 5.83. The number of hydrogen-bond donors (Lipinski definition) is 1. The lowest BCUT2D eigenvalue weighted by molar-refractivity contribution is -0.125. The minimum Gasteiger partial charge on any atom is -0.321 e.